The van der Waals surface area contributed by atoms with Gasteiger partial charge in [-0.2, -0.15) is 0 Å². The van der Waals surface area contributed by atoms with Gasteiger partial charge in [-0.25, -0.2) is 8.78 Å². The molecule has 0 aromatic carbocycles. The Hall–Kier alpha value is -0.600. The lowest BCUT2D eigenvalue weighted by Gasteiger charge is -2.39. The first-order valence-corrected chi connectivity index (χ1v) is 6.78. The van der Waals surface area contributed by atoms with E-state index < -0.39 is 18.4 Å². The summed E-state index contributed by atoms with van der Waals surface area (Å²) < 4.78 is 33.0. The van der Waals surface area contributed by atoms with E-state index in [4.69, 9.17) is 4.74 Å². The normalized spacial score (nSPS) is 39.9. The second-order valence-corrected chi connectivity index (χ2v) is 5.37. The lowest BCUT2D eigenvalue weighted by Crippen LogP contribution is -2.45. The van der Waals surface area contributed by atoms with Crippen LogP contribution in [0.4, 0.5) is 8.78 Å². The van der Waals surface area contributed by atoms with E-state index in [1.165, 1.54) is 25.5 Å². The molecule has 2 aliphatic rings. The maximum Gasteiger partial charge on any atom is 0.168 e. The van der Waals surface area contributed by atoms with Crippen LogP contribution in [0.1, 0.15) is 44.9 Å². The summed E-state index contributed by atoms with van der Waals surface area (Å²) in [6.45, 7) is 3.41. The summed E-state index contributed by atoms with van der Waals surface area (Å²) in [6.07, 6.45) is 4.91. The van der Waals surface area contributed by atoms with Crippen LogP contribution in [0.15, 0.2) is 12.8 Å². The minimum Gasteiger partial charge on any atom is -0.495 e. The van der Waals surface area contributed by atoms with Crippen molar-refractivity contribution < 1.29 is 13.5 Å². The Morgan fingerprint density at radius 1 is 0.941 bits per heavy atom. The molecule has 0 heterocycles. The highest BCUT2D eigenvalue weighted by molar-refractivity contribution is 4.93. The minimum absolute atomic E-state index is 0.0880. The molecule has 3 heteroatoms. The highest BCUT2D eigenvalue weighted by Crippen LogP contribution is 2.41. The van der Waals surface area contributed by atoms with Crippen LogP contribution >= 0.6 is 0 Å². The highest BCUT2D eigenvalue weighted by atomic mass is 19.2. The monoisotopic (exact) mass is 244 g/mol. The third kappa shape index (κ3) is 2.80. The third-order valence-electron chi connectivity index (χ3n) is 4.38. The Labute approximate surface area is 102 Å². The van der Waals surface area contributed by atoms with Gasteiger partial charge in [0.2, 0.25) is 0 Å². The maximum atomic E-state index is 14.1. The van der Waals surface area contributed by atoms with Crippen LogP contribution in [0.25, 0.3) is 0 Å². The van der Waals surface area contributed by atoms with Crippen molar-refractivity contribution in [2.45, 2.75) is 63.4 Å². The topological polar surface area (TPSA) is 9.23 Å². The number of hydrogen-bond acceptors (Lipinski definition) is 1. The van der Waals surface area contributed by atoms with Gasteiger partial charge in [-0.05, 0) is 24.7 Å². The van der Waals surface area contributed by atoms with Crippen molar-refractivity contribution in [3.05, 3.63) is 12.8 Å². The predicted molar refractivity (Wildman–Crippen MR) is 64.2 cm³/mol. The zero-order chi connectivity index (χ0) is 12.3. The molecule has 2 aliphatic carbocycles. The Bertz CT molecular complexity index is 251. The van der Waals surface area contributed by atoms with Gasteiger partial charge < -0.3 is 4.74 Å². The van der Waals surface area contributed by atoms with Crippen LogP contribution in [-0.2, 0) is 4.74 Å². The molecular formula is C14H22F2O. The van der Waals surface area contributed by atoms with E-state index in [1.54, 1.807) is 0 Å². The van der Waals surface area contributed by atoms with Gasteiger partial charge in [-0.15, -0.1) is 0 Å². The van der Waals surface area contributed by atoms with Gasteiger partial charge in [-0.3, -0.25) is 0 Å². The van der Waals surface area contributed by atoms with E-state index in [2.05, 4.69) is 6.58 Å². The van der Waals surface area contributed by atoms with E-state index in [-0.39, 0.29) is 5.92 Å². The molecule has 0 spiro atoms. The molecule has 2 saturated carbocycles. The number of alkyl halides is 2. The molecule has 1 nitrogen and oxygen atoms in total. The fourth-order valence-corrected chi connectivity index (χ4v) is 3.44. The van der Waals surface area contributed by atoms with Crippen molar-refractivity contribution in [1.29, 1.82) is 0 Å². The second kappa shape index (κ2) is 5.83. The van der Waals surface area contributed by atoms with Crippen molar-refractivity contribution in [2.24, 2.45) is 11.8 Å². The summed E-state index contributed by atoms with van der Waals surface area (Å²) in [7, 11) is 0. The quantitative estimate of drug-likeness (QED) is 0.677. The third-order valence-corrected chi connectivity index (χ3v) is 4.38. The van der Waals surface area contributed by atoms with E-state index in [0.29, 0.717) is 12.3 Å². The lowest BCUT2D eigenvalue weighted by atomic mass is 9.71. The van der Waals surface area contributed by atoms with E-state index in [9.17, 15) is 8.78 Å². The summed E-state index contributed by atoms with van der Waals surface area (Å²) in [6, 6.07) is 0. The highest BCUT2D eigenvalue weighted by Gasteiger charge is 2.44. The van der Waals surface area contributed by atoms with Crippen LogP contribution in [0.3, 0.4) is 0 Å². The van der Waals surface area contributed by atoms with Crippen LogP contribution in [0.5, 0.6) is 0 Å². The van der Waals surface area contributed by atoms with Crippen molar-refractivity contribution >= 4 is 0 Å². The number of hydrogen-bond donors (Lipinski definition) is 0. The first-order valence-electron chi connectivity index (χ1n) is 6.78. The molecular weight excluding hydrogens is 222 g/mol. The summed E-state index contributed by atoms with van der Waals surface area (Å²) in [5.74, 6) is 0.302. The van der Waals surface area contributed by atoms with Gasteiger partial charge in [0, 0.05) is 0 Å². The van der Waals surface area contributed by atoms with Crippen molar-refractivity contribution in [2.75, 3.05) is 0 Å². The Morgan fingerprint density at radius 2 is 1.65 bits per heavy atom. The van der Waals surface area contributed by atoms with Crippen molar-refractivity contribution in [1.82, 2.24) is 0 Å². The standard InChI is InChI=1S/C14H22F2O/c1-2-17-12-9-8-11(13(15)14(12)16)10-6-4-3-5-7-10/h2,10-14H,1,3-9H2. The maximum absolute atomic E-state index is 14.1. The lowest BCUT2D eigenvalue weighted by molar-refractivity contribution is -0.0582. The van der Waals surface area contributed by atoms with E-state index in [1.807, 2.05) is 0 Å². The molecule has 0 saturated heterocycles. The molecule has 0 aromatic heterocycles. The predicted octanol–water partition coefficient (Wildman–Crippen LogP) is 4.18. The Morgan fingerprint density at radius 3 is 2.29 bits per heavy atom. The van der Waals surface area contributed by atoms with E-state index in [0.717, 1.165) is 19.3 Å². The Kier molecular flexibility index (Phi) is 4.41. The molecule has 0 aliphatic heterocycles. The fourth-order valence-electron chi connectivity index (χ4n) is 3.44. The van der Waals surface area contributed by atoms with Gasteiger partial charge >= 0.3 is 0 Å². The molecule has 0 aromatic rings. The number of ether oxygens (including phenoxy) is 1. The summed E-state index contributed by atoms with van der Waals surface area (Å²) in [5.41, 5.74) is 0. The SMILES string of the molecule is C=COC1CCC(C2CCCCC2)C(F)C1F. The van der Waals surface area contributed by atoms with Gasteiger partial charge in [-0.1, -0.05) is 38.7 Å². The van der Waals surface area contributed by atoms with Gasteiger partial charge in [0.05, 0.1) is 6.26 Å². The summed E-state index contributed by atoms with van der Waals surface area (Å²) in [4.78, 5) is 0. The Balaban J connectivity index is 1.94. The van der Waals surface area contributed by atoms with Gasteiger partial charge in [0.1, 0.15) is 12.3 Å². The van der Waals surface area contributed by atoms with E-state index >= 15 is 0 Å². The smallest absolute Gasteiger partial charge is 0.168 e. The minimum atomic E-state index is -1.48. The first-order chi connectivity index (χ1) is 8.24. The van der Waals surface area contributed by atoms with Gasteiger partial charge in [0.25, 0.3) is 0 Å². The molecule has 2 rings (SSSR count). The number of halogens is 2. The van der Waals surface area contributed by atoms with Crippen LogP contribution in [0, 0.1) is 11.8 Å². The number of rotatable bonds is 3. The average Bonchev–Trinajstić information content (AvgIpc) is 2.36. The molecule has 4 unspecified atom stereocenters. The second-order valence-electron chi connectivity index (χ2n) is 5.37. The zero-order valence-corrected chi connectivity index (χ0v) is 10.3. The average molecular weight is 244 g/mol. The van der Waals surface area contributed by atoms with Crippen molar-refractivity contribution in [3.8, 4) is 0 Å². The molecule has 0 amide bonds. The summed E-state index contributed by atoms with van der Waals surface area (Å²) >= 11 is 0. The fraction of sp³-hybridized carbons (Fsp3) is 0.857. The summed E-state index contributed by atoms with van der Waals surface area (Å²) in [5, 5.41) is 0. The first kappa shape index (κ1) is 12.8. The molecule has 0 N–H and O–H groups in total. The zero-order valence-electron chi connectivity index (χ0n) is 10.3. The molecule has 0 radical (unpaired) electrons. The van der Waals surface area contributed by atoms with Gasteiger partial charge in [0.15, 0.2) is 6.17 Å². The largest absolute Gasteiger partial charge is 0.495 e. The molecule has 4 atom stereocenters. The van der Waals surface area contributed by atoms with Crippen molar-refractivity contribution in [3.63, 3.8) is 0 Å². The molecule has 0 bridgehead atoms. The van der Waals surface area contributed by atoms with Crippen LogP contribution < -0.4 is 0 Å². The molecule has 2 fully saturated rings. The molecule has 98 valence electrons. The van der Waals surface area contributed by atoms with Crippen LogP contribution in [0.2, 0.25) is 0 Å². The van der Waals surface area contributed by atoms with Crippen LogP contribution in [-0.4, -0.2) is 18.4 Å². The molecule has 17 heavy (non-hydrogen) atoms.